The second-order valence-electron chi connectivity index (χ2n) is 6.12. The molecule has 1 aliphatic heterocycles. The SMILES string of the molecule is CC1(O)CCN(C(=O)NC2CCCC2)c2ccccc21. The zero-order valence-corrected chi connectivity index (χ0v) is 11.9. The minimum Gasteiger partial charge on any atom is -0.385 e. The number of carbonyl (C=O) groups is 1. The summed E-state index contributed by atoms with van der Waals surface area (Å²) in [4.78, 5) is 14.2. The Kier molecular flexibility index (Phi) is 3.42. The quantitative estimate of drug-likeness (QED) is 0.827. The van der Waals surface area contributed by atoms with Gasteiger partial charge in [-0.25, -0.2) is 4.79 Å². The molecule has 1 aromatic rings. The first-order valence-corrected chi connectivity index (χ1v) is 7.48. The second kappa shape index (κ2) is 5.09. The van der Waals surface area contributed by atoms with E-state index in [1.54, 1.807) is 4.90 Å². The average molecular weight is 274 g/mol. The summed E-state index contributed by atoms with van der Waals surface area (Å²) < 4.78 is 0. The number of amides is 2. The van der Waals surface area contributed by atoms with E-state index in [1.165, 1.54) is 12.8 Å². The molecule has 20 heavy (non-hydrogen) atoms. The average Bonchev–Trinajstić information content (AvgIpc) is 2.92. The lowest BCUT2D eigenvalue weighted by Crippen LogP contribution is -2.49. The molecule has 3 rings (SSSR count). The summed E-state index contributed by atoms with van der Waals surface area (Å²) in [5.74, 6) is 0. The molecule has 1 aliphatic carbocycles. The van der Waals surface area contributed by atoms with Crippen LogP contribution in [0.4, 0.5) is 10.5 Å². The number of benzene rings is 1. The number of rotatable bonds is 1. The fourth-order valence-corrected chi connectivity index (χ4v) is 3.28. The van der Waals surface area contributed by atoms with Crippen LogP contribution in [0.3, 0.4) is 0 Å². The number of para-hydroxylation sites is 1. The Hall–Kier alpha value is -1.55. The maximum atomic E-state index is 12.5. The Labute approximate surface area is 119 Å². The standard InChI is InChI=1S/C16H22N2O2/c1-16(20)10-11-18(14-9-5-4-8-13(14)16)15(19)17-12-6-2-3-7-12/h4-5,8-9,12,20H,2-3,6-7,10-11H2,1H3,(H,17,19). The summed E-state index contributed by atoms with van der Waals surface area (Å²) in [7, 11) is 0. The van der Waals surface area contributed by atoms with Crippen molar-refractivity contribution in [3.05, 3.63) is 29.8 Å². The molecule has 1 fully saturated rings. The van der Waals surface area contributed by atoms with Gasteiger partial charge in [0.25, 0.3) is 0 Å². The van der Waals surface area contributed by atoms with Crippen LogP contribution in [0.1, 0.15) is 44.6 Å². The van der Waals surface area contributed by atoms with E-state index in [9.17, 15) is 9.90 Å². The number of nitrogens with zero attached hydrogens (tertiary/aromatic N) is 1. The van der Waals surface area contributed by atoms with E-state index >= 15 is 0 Å². The Morgan fingerprint density at radius 3 is 2.80 bits per heavy atom. The van der Waals surface area contributed by atoms with Crippen LogP contribution in [0.2, 0.25) is 0 Å². The summed E-state index contributed by atoms with van der Waals surface area (Å²) in [6.45, 7) is 2.38. The van der Waals surface area contributed by atoms with E-state index in [0.29, 0.717) is 19.0 Å². The maximum absolute atomic E-state index is 12.5. The van der Waals surface area contributed by atoms with Crippen LogP contribution >= 0.6 is 0 Å². The number of nitrogens with one attached hydrogen (secondary N) is 1. The number of hydrogen-bond donors (Lipinski definition) is 2. The summed E-state index contributed by atoms with van der Waals surface area (Å²) in [6.07, 6.45) is 5.15. The molecule has 1 aromatic carbocycles. The lowest BCUT2D eigenvalue weighted by Gasteiger charge is -2.38. The van der Waals surface area contributed by atoms with Gasteiger partial charge in [0.15, 0.2) is 0 Å². The predicted octanol–water partition coefficient (Wildman–Crippen LogP) is 2.76. The highest BCUT2D eigenvalue weighted by Gasteiger charge is 2.35. The van der Waals surface area contributed by atoms with E-state index in [4.69, 9.17) is 0 Å². The minimum atomic E-state index is -0.846. The zero-order chi connectivity index (χ0) is 14.2. The van der Waals surface area contributed by atoms with Gasteiger partial charge in [-0.15, -0.1) is 0 Å². The van der Waals surface area contributed by atoms with Crippen molar-refractivity contribution in [2.75, 3.05) is 11.4 Å². The molecule has 1 unspecified atom stereocenters. The molecule has 0 spiro atoms. The van der Waals surface area contributed by atoms with Crippen molar-refractivity contribution >= 4 is 11.7 Å². The normalized spacial score (nSPS) is 26.4. The molecule has 2 amide bonds. The van der Waals surface area contributed by atoms with Crippen molar-refractivity contribution in [3.8, 4) is 0 Å². The molecule has 0 aromatic heterocycles. The summed E-state index contributed by atoms with van der Waals surface area (Å²) in [6, 6.07) is 7.93. The lowest BCUT2D eigenvalue weighted by atomic mass is 9.87. The van der Waals surface area contributed by atoms with Crippen molar-refractivity contribution in [1.82, 2.24) is 5.32 Å². The topological polar surface area (TPSA) is 52.6 Å². The van der Waals surface area contributed by atoms with Gasteiger partial charge in [-0.05, 0) is 32.3 Å². The predicted molar refractivity (Wildman–Crippen MR) is 78.8 cm³/mol. The molecule has 4 heteroatoms. The van der Waals surface area contributed by atoms with Crippen LogP contribution in [0.5, 0.6) is 0 Å². The van der Waals surface area contributed by atoms with Crippen molar-refractivity contribution in [3.63, 3.8) is 0 Å². The third kappa shape index (κ3) is 2.40. The molecule has 1 atom stereocenters. The number of hydrogen-bond acceptors (Lipinski definition) is 2. The largest absolute Gasteiger partial charge is 0.385 e. The van der Waals surface area contributed by atoms with E-state index in [-0.39, 0.29) is 6.03 Å². The minimum absolute atomic E-state index is 0.0279. The van der Waals surface area contributed by atoms with Crippen LogP contribution < -0.4 is 10.2 Å². The van der Waals surface area contributed by atoms with Crippen molar-refractivity contribution in [2.45, 2.75) is 50.7 Å². The van der Waals surface area contributed by atoms with E-state index in [0.717, 1.165) is 24.1 Å². The van der Waals surface area contributed by atoms with Gasteiger partial charge in [-0.2, -0.15) is 0 Å². The van der Waals surface area contributed by atoms with Crippen molar-refractivity contribution in [2.24, 2.45) is 0 Å². The van der Waals surface area contributed by atoms with Gasteiger partial charge >= 0.3 is 6.03 Å². The van der Waals surface area contributed by atoms with Crippen molar-refractivity contribution in [1.29, 1.82) is 0 Å². The van der Waals surface area contributed by atoms with E-state index in [1.807, 2.05) is 31.2 Å². The molecule has 0 saturated heterocycles. The third-order valence-corrected chi connectivity index (χ3v) is 4.53. The molecule has 2 N–H and O–H groups in total. The van der Waals surface area contributed by atoms with Gasteiger partial charge in [0.1, 0.15) is 0 Å². The van der Waals surface area contributed by atoms with Gasteiger partial charge in [0.05, 0.1) is 11.3 Å². The molecule has 0 bridgehead atoms. The zero-order valence-electron chi connectivity index (χ0n) is 11.9. The molecular weight excluding hydrogens is 252 g/mol. The summed E-state index contributed by atoms with van der Waals surface area (Å²) >= 11 is 0. The monoisotopic (exact) mass is 274 g/mol. The molecule has 2 aliphatic rings. The Morgan fingerprint density at radius 1 is 1.35 bits per heavy atom. The number of carbonyl (C=O) groups excluding carboxylic acids is 1. The molecule has 4 nitrogen and oxygen atoms in total. The number of anilines is 1. The maximum Gasteiger partial charge on any atom is 0.322 e. The first-order valence-electron chi connectivity index (χ1n) is 7.48. The van der Waals surface area contributed by atoms with Gasteiger partial charge in [-0.3, -0.25) is 4.90 Å². The number of fused-ring (bicyclic) bond motifs is 1. The summed E-state index contributed by atoms with van der Waals surface area (Å²) in [5.41, 5.74) is 0.827. The highest BCUT2D eigenvalue weighted by molar-refractivity contribution is 5.93. The smallest absolute Gasteiger partial charge is 0.322 e. The Morgan fingerprint density at radius 2 is 2.05 bits per heavy atom. The highest BCUT2D eigenvalue weighted by atomic mass is 16.3. The van der Waals surface area contributed by atoms with Crippen LogP contribution in [-0.2, 0) is 5.60 Å². The number of aliphatic hydroxyl groups is 1. The first-order chi connectivity index (χ1) is 9.58. The van der Waals surface area contributed by atoms with Gasteiger partial charge < -0.3 is 10.4 Å². The van der Waals surface area contributed by atoms with Gasteiger partial charge in [0.2, 0.25) is 0 Å². The van der Waals surface area contributed by atoms with E-state index < -0.39 is 5.60 Å². The molecular formula is C16H22N2O2. The van der Waals surface area contributed by atoms with Crippen LogP contribution in [-0.4, -0.2) is 23.7 Å². The Bertz CT molecular complexity index is 507. The van der Waals surface area contributed by atoms with E-state index in [2.05, 4.69) is 5.32 Å². The fraction of sp³-hybridized carbons (Fsp3) is 0.562. The lowest BCUT2D eigenvalue weighted by molar-refractivity contribution is 0.0463. The van der Waals surface area contributed by atoms with Gasteiger partial charge in [0, 0.05) is 18.2 Å². The first kappa shape index (κ1) is 13.4. The Balaban J connectivity index is 1.82. The second-order valence-corrected chi connectivity index (χ2v) is 6.12. The van der Waals surface area contributed by atoms with Gasteiger partial charge in [-0.1, -0.05) is 31.0 Å². The third-order valence-electron chi connectivity index (χ3n) is 4.53. The number of urea groups is 1. The van der Waals surface area contributed by atoms with Crippen molar-refractivity contribution < 1.29 is 9.90 Å². The molecule has 1 saturated carbocycles. The molecule has 0 radical (unpaired) electrons. The molecule has 108 valence electrons. The fourth-order valence-electron chi connectivity index (χ4n) is 3.28. The highest BCUT2D eigenvalue weighted by Crippen LogP contribution is 2.37. The van der Waals surface area contributed by atoms with Crippen LogP contribution in [0.15, 0.2) is 24.3 Å². The summed E-state index contributed by atoms with van der Waals surface area (Å²) in [5, 5.41) is 13.6. The molecule has 1 heterocycles. The van der Waals surface area contributed by atoms with Crippen LogP contribution in [0.25, 0.3) is 0 Å². The van der Waals surface area contributed by atoms with Crippen LogP contribution in [0, 0.1) is 0 Å².